The fraction of sp³-hybridized carbons (Fsp3) is 0.529. The van der Waals surface area contributed by atoms with Gasteiger partial charge in [0.05, 0.1) is 12.0 Å². The van der Waals surface area contributed by atoms with Crippen LogP contribution in [0.2, 0.25) is 0 Å². The summed E-state index contributed by atoms with van der Waals surface area (Å²) in [6.07, 6.45) is 0. The second kappa shape index (κ2) is 8.06. The lowest BCUT2D eigenvalue weighted by Gasteiger charge is -2.21. The normalized spacial score (nSPS) is 12.4. The van der Waals surface area contributed by atoms with Crippen molar-refractivity contribution >= 4 is 23.2 Å². The number of aryl methyl sites for hydroxylation is 1. The highest BCUT2D eigenvalue weighted by atomic mass is 16.6. The van der Waals surface area contributed by atoms with Gasteiger partial charge in [0, 0.05) is 11.6 Å². The number of hydrogen-bond donors (Lipinski definition) is 3. The standard InChI is InChI=1S/C17H26N4O4/c1-11-7-8-13(21(24)25)16(12(11)2)18-14(22)9-20(6)10-15(23)19-17(3,4)5/h7-8H,9-10H2,1-6H3,(H,18,22)(H,19,23)/p+1. The highest BCUT2D eigenvalue weighted by Gasteiger charge is 2.22. The van der Waals surface area contributed by atoms with Crippen LogP contribution in [0.1, 0.15) is 31.9 Å². The average molecular weight is 351 g/mol. The molecule has 1 rings (SSSR count). The molecular formula is C17H27N4O4+. The molecule has 0 saturated carbocycles. The Balaban J connectivity index is 2.76. The average Bonchev–Trinajstić information content (AvgIpc) is 2.40. The van der Waals surface area contributed by atoms with Gasteiger partial charge in [-0.05, 0) is 45.7 Å². The summed E-state index contributed by atoms with van der Waals surface area (Å²) in [5.41, 5.74) is 1.25. The van der Waals surface area contributed by atoms with Crippen molar-refractivity contribution in [3.05, 3.63) is 33.4 Å². The van der Waals surface area contributed by atoms with Crippen LogP contribution in [0.5, 0.6) is 0 Å². The van der Waals surface area contributed by atoms with Crippen molar-refractivity contribution in [1.82, 2.24) is 5.32 Å². The summed E-state index contributed by atoms with van der Waals surface area (Å²) in [5, 5.41) is 16.6. The largest absolute Gasteiger partial charge is 0.347 e. The summed E-state index contributed by atoms with van der Waals surface area (Å²) in [6, 6.07) is 3.03. The molecule has 1 unspecified atom stereocenters. The Kier molecular flexibility index (Phi) is 6.63. The Morgan fingerprint density at radius 3 is 2.24 bits per heavy atom. The van der Waals surface area contributed by atoms with Gasteiger partial charge in [-0.2, -0.15) is 0 Å². The van der Waals surface area contributed by atoms with Crippen LogP contribution in [0.3, 0.4) is 0 Å². The molecule has 8 heteroatoms. The summed E-state index contributed by atoms with van der Waals surface area (Å²) in [5.74, 6) is -0.534. The van der Waals surface area contributed by atoms with Gasteiger partial charge >= 0.3 is 0 Å². The first kappa shape index (κ1) is 20.6. The molecule has 0 radical (unpaired) electrons. The minimum absolute atomic E-state index is 0.0299. The third kappa shape index (κ3) is 6.50. The molecule has 0 fully saturated rings. The fourth-order valence-corrected chi connectivity index (χ4v) is 2.37. The zero-order chi connectivity index (χ0) is 19.4. The summed E-state index contributed by atoms with van der Waals surface area (Å²) >= 11 is 0. The molecule has 0 aliphatic heterocycles. The Morgan fingerprint density at radius 1 is 1.16 bits per heavy atom. The van der Waals surface area contributed by atoms with E-state index >= 15 is 0 Å². The number of carbonyl (C=O) groups excluding carboxylic acids is 2. The molecule has 25 heavy (non-hydrogen) atoms. The molecular weight excluding hydrogens is 324 g/mol. The summed E-state index contributed by atoms with van der Waals surface area (Å²) in [7, 11) is 1.72. The first-order valence-electron chi connectivity index (χ1n) is 8.07. The number of benzene rings is 1. The van der Waals surface area contributed by atoms with Crippen molar-refractivity contribution in [1.29, 1.82) is 0 Å². The van der Waals surface area contributed by atoms with E-state index < -0.39 is 4.92 Å². The Labute approximate surface area is 147 Å². The van der Waals surface area contributed by atoms with Crippen LogP contribution in [-0.2, 0) is 9.59 Å². The number of likely N-dealkylation sites (N-methyl/N-ethyl adjacent to an activating group) is 1. The number of nitrogens with zero attached hydrogens (tertiary/aromatic N) is 1. The van der Waals surface area contributed by atoms with Crippen molar-refractivity contribution < 1.29 is 19.4 Å². The molecule has 0 heterocycles. The molecule has 2 amide bonds. The zero-order valence-electron chi connectivity index (χ0n) is 15.6. The minimum Gasteiger partial charge on any atom is -0.347 e. The summed E-state index contributed by atoms with van der Waals surface area (Å²) in [4.78, 5) is 35.5. The molecule has 8 nitrogen and oxygen atoms in total. The van der Waals surface area contributed by atoms with Crippen LogP contribution in [-0.4, -0.2) is 42.4 Å². The Hall–Kier alpha value is -2.48. The predicted octanol–water partition coefficient (Wildman–Crippen LogP) is 0.580. The quantitative estimate of drug-likeness (QED) is 0.515. The minimum atomic E-state index is -0.518. The maximum atomic E-state index is 12.2. The topological polar surface area (TPSA) is 106 Å². The number of hydrogen-bond acceptors (Lipinski definition) is 4. The number of nitrogens with one attached hydrogen (secondary N) is 3. The molecule has 0 spiro atoms. The van der Waals surface area contributed by atoms with E-state index in [1.54, 1.807) is 20.0 Å². The van der Waals surface area contributed by atoms with E-state index in [0.717, 1.165) is 5.56 Å². The maximum absolute atomic E-state index is 12.2. The maximum Gasteiger partial charge on any atom is 0.293 e. The first-order chi connectivity index (χ1) is 11.4. The molecule has 1 aromatic carbocycles. The van der Waals surface area contributed by atoms with E-state index in [-0.39, 0.29) is 41.8 Å². The van der Waals surface area contributed by atoms with Crippen molar-refractivity contribution in [2.24, 2.45) is 0 Å². The van der Waals surface area contributed by atoms with Crippen molar-refractivity contribution in [2.75, 3.05) is 25.5 Å². The molecule has 0 bridgehead atoms. The van der Waals surface area contributed by atoms with Crippen LogP contribution >= 0.6 is 0 Å². The van der Waals surface area contributed by atoms with E-state index in [1.165, 1.54) is 6.07 Å². The number of nitro benzene ring substituents is 1. The lowest BCUT2D eigenvalue weighted by Crippen LogP contribution is -3.11. The van der Waals surface area contributed by atoms with Gasteiger partial charge in [-0.1, -0.05) is 6.07 Å². The molecule has 0 saturated heterocycles. The Morgan fingerprint density at radius 2 is 1.72 bits per heavy atom. The van der Waals surface area contributed by atoms with Crippen LogP contribution in [0.25, 0.3) is 0 Å². The summed E-state index contributed by atoms with van der Waals surface area (Å²) in [6.45, 7) is 9.36. The molecule has 138 valence electrons. The van der Waals surface area contributed by atoms with Gasteiger partial charge in [-0.25, -0.2) is 0 Å². The monoisotopic (exact) mass is 351 g/mol. The van der Waals surface area contributed by atoms with E-state index in [0.29, 0.717) is 10.5 Å². The van der Waals surface area contributed by atoms with Gasteiger partial charge in [0.1, 0.15) is 5.69 Å². The number of anilines is 1. The van der Waals surface area contributed by atoms with Crippen LogP contribution in [0, 0.1) is 24.0 Å². The third-order valence-electron chi connectivity index (χ3n) is 3.61. The molecule has 0 aliphatic rings. The van der Waals surface area contributed by atoms with Crippen molar-refractivity contribution in [2.45, 2.75) is 40.2 Å². The lowest BCUT2D eigenvalue weighted by molar-refractivity contribution is -0.862. The number of rotatable bonds is 6. The second-order valence-electron chi connectivity index (χ2n) is 7.32. The van der Waals surface area contributed by atoms with Gasteiger partial charge in [0.25, 0.3) is 17.5 Å². The molecule has 0 aromatic heterocycles. The number of amides is 2. The molecule has 3 N–H and O–H groups in total. The smallest absolute Gasteiger partial charge is 0.293 e. The van der Waals surface area contributed by atoms with Gasteiger partial charge in [-0.3, -0.25) is 19.7 Å². The van der Waals surface area contributed by atoms with E-state index in [1.807, 2.05) is 27.7 Å². The fourth-order valence-electron chi connectivity index (χ4n) is 2.37. The van der Waals surface area contributed by atoms with Gasteiger partial charge in [0.2, 0.25) is 0 Å². The lowest BCUT2D eigenvalue weighted by atomic mass is 10.1. The zero-order valence-corrected chi connectivity index (χ0v) is 15.6. The highest BCUT2D eigenvalue weighted by Crippen LogP contribution is 2.29. The van der Waals surface area contributed by atoms with E-state index in [9.17, 15) is 19.7 Å². The van der Waals surface area contributed by atoms with Crippen LogP contribution in [0.4, 0.5) is 11.4 Å². The SMILES string of the molecule is Cc1ccc([N+](=O)[O-])c(NC(=O)C[NH+](C)CC(=O)NC(C)(C)C)c1C. The van der Waals surface area contributed by atoms with Crippen LogP contribution in [0.15, 0.2) is 12.1 Å². The predicted molar refractivity (Wildman–Crippen MR) is 95.7 cm³/mol. The second-order valence-corrected chi connectivity index (χ2v) is 7.32. The van der Waals surface area contributed by atoms with Gasteiger partial charge in [-0.15, -0.1) is 0 Å². The van der Waals surface area contributed by atoms with Crippen LogP contribution < -0.4 is 15.5 Å². The van der Waals surface area contributed by atoms with Crippen molar-refractivity contribution in [3.63, 3.8) is 0 Å². The number of quaternary nitrogens is 1. The summed E-state index contributed by atoms with van der Waals surface area (Å²) < 4.78 is 0. The van der Waals surface area contributed by atoms with Crippen molar-refractivity contribution in [3.8, 4) is 0 Å². The highest BCUT2D eigenvalue weighted by molar-refractivity contribution is 5.95. The number of carbonyl (C=O) groups is 2. The van der Waals surface area contributed by atoms with Gasteiger partial charge in [0.15, 0.2) is 13.1 Å². The third-order valence-corrected chi connectivity index (χ3v) is 3.61. The Bertz CT molecular complexity index is 680. The number of nitro groups is 1. The molecule has 1 atom stereocenters. The molecule has 1 aromatic rings. The first-order valence-corrected chi connectivity index (χ1v) is 8.07. The van der Waals surface area contributed by atoms with E-state index in [2.05, 4.69) is 10.6 Å². The molecule has 0 aliphatic carbocycles. The van der Waals surface area contributed by atoms with E-state index in [4.69, 9.17) is 0 Å². The van der Waals surface area contributed by atoms with Gasteiger partial charge < -0.3 is 15.5 Å².